The zero-order chi connectivity index (χ0) is 15.5. The Morgan fingerprint density at radius 1 is 1.45 bits per heavy atom. The average molecular weight is 284 g/mol. The third-order valence-electron chi connectivity index (χ3n) is 2.45. The van der Waals surface area contributed by atoms with Crippen LogP contribution in [0.25, 0.3) is 0 Å². The molecule has 108 valence electrons. The number of rotatable bonds is 5. The van der Waals surface area contributed by atoms with Gasteiger partial charge in [-0.3, -0.25) is 19.7 Å². The molecule has 0 aliphatic heterocycles. The van der Waals surface area contributed by atoms with Crippen LogP contribution in [0.4, 0.5) is 10.1 Å². The molecule has 0 bridgehead atoms. The number of carbonyl (C=O) groups is 2. The highest BCUT2D eigenvalue weighted by Crippen LogP contribution is 2.21. The number of carbonyl (C=O) groups excluding carboxylic acids is 1. The van der Waals surface area contributed by atoms with E-state index in [1.54, 1.807) is 0 Å². The third kappa shape index (κ3) is 4.01. The molecule has 1 aromatic rings. The van der Waals surface area contributed by atoms with Crippen LogP contribution in [0, 0.1) is 15.9 Å². The maximum Gasteiger partial charge on any atom is 0.305 e. The van der Waals surface area contributed by atoms with Crippen LogP contribution in [0.2, 0.25) is 0 Å². The SMILES string of the molecule is CC(C)(CC(=O)O)NC(=O)c1ccc(F)cc1[N+](=O)[O-]. The minimum atomic E-state index is -1.12. The topological polar surface area (TPSA) is 110 Å². The van der Waals surface area contributed by atoms with E-state index in [4.69, 9.17) is 5.11 Å². The molecule has 0 aromatic heterocycles. The smallest absolute Gasteiger partial charge is 0.305 e. The first-order valence-corrected chi connectivity index (χ1v) is 5.60. The summed E-state index contributed by atoms with van der Waals surface area (Å²) >= 11 is 0. The number of nitro groups is 1. The Morgan fingerprint density at radius 2 is 2.05 bits per heavy atom. The fourth-order valence-electron chi connectivity index (χ4n) is 1.64. The van der Waals surface area contributed by atoms with Gasteiger partial charge in [0.25, 0.3) is 11.6 Å². The standard InChI is InChI=1S/C12H13FN2O5/c1-12(2,6-10(16)17)14-11(18)8-4-3-7(13)5-9(8)15(19)20/h3-5H,6H2,1-2H3,(H,14,18)(H,16,17). The van der Waals surface area contributed by atoms with E-state index in [1.807, 2.05) is 0 Å². The Hall–Kier alpha value is -2.51. The fourth-order valence-corrected chi connectivity index (χ4v) is 1.64. The number of hydrogen-bond acceptors (Lipinski definition) is 4. The van der Waals surface area contributed by atoms with E-state index in [-0.39, 0.29) is 12.0 Å². The number of carboxylic acids is 1. The molecule has 2 N–H and O–H groups in total. The molecule has 0 aliphatic carbocycles. The zero-order valence-electron chi connectivity index (χ0n) is 10.8. The lowest BCUT2D eigenvalue weighted by Crippen LogP contribution is -2.45. The first-order valence-electron chi connectivity index (χ1n) is 5.60. The van der Waals surface area contributed by atoms with Gasteiger partial charge in [0, 0.05) is 5.54 Å². The number of benzene rings is 1. The number of nitrogens with one attached hydrogen (secondary N) is 1. The minimum Gasteiger partial charge on any atom is -0.481 e. The quantitative estimate of drug-likeness (QED) is 0.632. The second kappa shape index (κ2) is 5.64. The predicted octanol–water partition coefficient (Wildman–Crippen LogP) is 1.72. The molecule has 0 unspecified atom stereocenters. The number of aliphatic carboxylic acids is 1. The van der Waals surface area contributed by atoms with Crippen molar-refractivity contribution in [3.05, 3.63) is 39.7 Å². The normalized spacial score (nSPS) is 10.9. The molecule has 0 radical (unpaired) electrons. The van der Waals surface area contributed by atoms with Crippen LogP contribution < -0.4 is 5.32 Å². The predicted molar refractivity (Wildman–Crippen MR) is 66.9 cm³/mol. The summed E-state index contributed by atoms with van der Waals surface area (Å²) in [5.41, 5.74) is -2.09. The van der Waals surface area contributed by atoms with Crippen LogP contribution in [0.3, 0.4) is 0 Å². The van der Waals surface area contributed by atoms with Gasteiger partial charge in [-0.05, 0) is 26.0 Å². The maximum absolute atomic E-state index is 13.0. The van der Waals surface area contributed by atoms with E-state index in [0.29, 0.717) is 6.07 Å². The summed E-state index contributed by atoms with van der Waals surface area (Å²) in [6, 6.07) is 2.55. The highest BCUT2D eigenvalue weighted by atomic mass is 19.1. The monoisotopic (exact) mass is 284 g/mol. The Balaban J connectivity index is 3.04. The Kier molecular flexibility index (Phi) is 4.38. The number of nitro benzene ring substituents is 1. The van der Waals surface area contributed by atoms with E-state index in [2.05, 4.69) is 5.32 Å². The molecular formula is C12H13FN2O5. The van der Waals surface area contributed by atoms with E-state index in [9.17, 15) is 24.1 Å². The number of nitrogens with zero attached hydrogens (tertiary/aromatic N) is 1. The van der Waals surface area contributed by atoms with Crippen LogP contribution in [0.15, 0.2) is 18.2 Å². The lowest BCUT2D eigenvalue weighted by molar-refractivity contribution is -0.385. The van der Waals surface area contributed by atoms with Crippen molar-refractivity contribution >= 4 is 17.6 Å². The van der Waals surface area contributed by atoms with Gasteiger partial charge in [0.05, 0.1) is 17.4 Å². The van der Waals surface area contributed by atoms with Crippen molar-refractivity contribution in [2.75, 3.05) is 0 Å². The molecule has 7 nitrogen and oxygen atoms in total. The van der Waals surface area contributed by atoms with Gasteiger partial charge in [-0.25, -0.2) is 4.39 Å². The van der Waals surface area contributed by atoms with Gasteiger partial charge in [-0.15, -0.1) is 0 Å². The number of halogens is 1. The number of hydrogen-bond donors (Lipinski definition) is 2. The van der Waals surface area contributed by atoms with Crippen LogP contribution in [-0.2, 0) is 4.79 Å². The van der Waals surface area contributed by atoms with Crippen molar-refractivity contribution in [2.45, 2.75) is 25.8 Å². The molecule has 1 amide bonds. The van der Waals surface area contributed by atoms with E-state index >= 15 is 0 Å². The molecule has 0 heterocycles. The summed E-state index contributed by atoms with van der Waals surface area (Å²) < 4.78 is 13.0. The highest BCUT2D eigenvalue weighted by Gasteiger charge is 2.28. The Morgan fingerprint density at radius 3 is 2.55 bits per heavy atom. The molecule has 0 atom stereocenters. The van der Waals surface area contributed by atoms with E-state index < -0.39 is 33.8 Å². The fraction of sp³-hybridized carbons (Fsp3) is 0.333. The summed E-state index contributed by atoms with van der Waals surface area (Å²) in [5.74, 6) is -2.79. The van der Waals surface area contributed by atoms with Crippen molar-refractivity contribution in [3.63, 3.8) is 0 Å². The lowest BCUT2D eigenvalue weighted by Gasteiger charge is -2.24. The largest absolute Gasteiger partial charge is 0.481 e. The van der Waals surface area contributed by atoms with Crippen LogP contribution in [-0.4, -0.2) is 27.4 Å². The molecule has 1 aromatic carbocycles. The summed E-state index contributed by atoms with van der Waals surface area (Å²) in [7, 11) is 0. The van der Waals surface area contributed by atoms with E-state index in [1.165, 1.54) is 13.8 Å². The van der Waals surface area contributed by atoms with Crippen molar-refractivity contribution in [1.82, 2.24) is 5.32 Å². The van der Waals surface area contributed by atoms with Crippen LogP contribution in [0.5, 0.6) is 0 Å². The Labute approximate surface area is 113 Å². The molecule has 1 rings (SSSR count). The Bertz CT molecular complexity index is 571. The number of amides is 1. The van der Waals surface area contributed by atoms with Gasteiger partial charge in [-0.1, -0.05) is 0 Å². The average Bonchev–Trinajstić information content (AvgIpc) is 2.25. The minimum absolute atomic E-state index is 0.324. The van der Waals surface area contributed by atoms with E-state index in [0.717, 1.165) is 12.1 Å². The van der Waals surface area contributed by atoms with Gasteiger partial charge in [0.2, 0.25) is 0 Å². The third-order valence-corrected chi connectivity index (χ3v) is 2.45. The van der Waals surface area contributed by atoms with Crippen molar-refractivity contribution in [2.24, 2.45) is 0 Å². The van der Waals surface area contributed by atoms with Gasteiger partial charge in [0.15, 0.2) is 0 Å². The second-order valence-electron chi connectivity index (χ2n) is 4.83. The molecule has 8 heteroatoms. The van der Waals surface area contributed by atoms with Crippen molar-refractivity contribution in [3.8, 4) is 0 Å². The van der Waals surface area contributed by atoms with Gasteiger partial charge in [-0.2, -0.15) is 0 Å². The molecule has 0 aliphatic rings. The molecule has 20 heavy (non-hydrogen) atoms. The van der Waals surface area contributed by atoms with Crippen LogP contribution >= 0.6 is 0 Å². The van der Waals surface area contributed by atoms with Crippen LogP contribution in [0.1, 0.15) is 30.6 Å². The summed E-state index contributed by atoms with van der Waals surface area (Å²) in [6.45, 7) is 2.93. The zero-order valence-corrected chi connectivity index (χ0v) is 10.8. The lowest BCUT2D eigenvalue weighted by atomic mass is 10.00. The molecule has 0 fully saturated rings. The molecule has 0 saturated carbocycles. The first-order chi connectivity index (χ1) is 9.12. The van der Waals surface area contributed by atoms with Crippen molar-refractivity contribution in [1.29, 1.82) is 0 Å². The highest BCUT2D eigenvalue weighted by molar-refractivity contribution is 5.98. The van der Waals surface area contributed by atoms with Gasteiger partial charge >= 0.3 is 5.97 Å². The van der Waals surface area contributed by atoms with Gasteiger partial charge in [0.1, 0.15) is 11.4 Å². The second-order valence-corrected chi connectivity index (χ2v) is 4.83. The summed E-state index contributed by atoms with van der Waals surface area (Å²) in [4.78, 5) is 32.5. The number of carboxylic acid groups (broad SMARTS) is 1. The first kappa shape index (κ1) is 15.5. The molecule has 0 saturated heterocycles. The molecule has 0 spiro atoms. The summed E-state index contributed by atoms with van der Waals surface area (Å²) in [6.07, 6.45) is -0.353. The maximum atomic E-state index is 13.0. The van der Waals surface area contributed by atoms with Crippen molar-refractivity contribution < 1.29 is 24.0 Å². The van der Waals surface area contributed by atoms with Gasteiger partial charge < -0.3 is 10.4 Å². The summed E-state index contributed by atoms with van der Waals surface area (Å²) in [5, 5.41) is 21.9. The molecular weight excluding hydrogens is 271 g/mol.